The molecule has 0 N–H and O–H groups in total. The summed E-state index contributed by atoms with van der Waals surface area (Å²) in [5.41, 5.74) is 0.131. The van der Waals surface area contributed by atoms with E-state index in [0.717, 1.165) is 25.7 Å². The van der Waals surface area contributed by atoms with Gasteiger partial charge in [0.25, 0.3) is 5.69 Å². The average molecular weight is 481 g/mol. The van der Waals surface area contributed by atoms with Crippen molar-refractivity contribution < 1.29 is 22.9 Å². The van der Waals surface area contributed by atoms with E-state index in [0.29, 0.717) is 64.1 Å². The van der Waals surface area contributed by atoms with Crippen LogP contribution in [0, 0.1) is 22.0 Å². The highest BCUT2D eigenvalue weighted by atomic mass is 32.2. The lowest BCUT2D eigenvalue weighted by Gasteiger charge is -2.37. The molecule has 1 unspecified atom stereocenters. The fourth-order valence-electron chi connectivity index (χ4n) is 4.89. The molecule has 3 heterocycles. The van der Waals surface area contributed by atoms with Crippen LogP contribution in [-0.2, 0) is 19.6 Å². The van der Waals surface area contributed by atoms with Crippen molar-refractivity contribution in [2.24, 2.45) is 11.8 Å². The van der Waals surface area contributed by atoms with Crippen LogP contribution in [0.5, 0.6) is 0 Å². The molecule has 0 saturated carbocycles. The Morgan fingerprint density at radius 1 is 1.09 bits per heavy atom. The van der Waals surface area contributed by atoms with Crippen LogP contribution < -0.4 is 4.90 Å². The number of anilines is 1. The standard InChI is InChI=1S/C22H32N4O6S/c1-17-6-9-25(10-7-17)33(30,31)19-4-5-20(21(15-19)26(28)29)24-8-2-3-18(16-24)22(27)23-11-13-32-14-12-23/h4-5,15,17-18H,2-3,6-14,16H2,1H3. The molecule has 0 aliphatic carbocycles. The third-order valence-corrected chi connectivity index (χ3v) is 8.85. The van der Waals surface area contributed by atoms with Crippen LogP contribution in [0.4, 0.5) is 11.4 Å². The molecule has 0 bridgehead atoms. The van der Waals surface area contributed by atoms with Crippen LogP contribution in [0.1, 0.15) is 32.6 Å². The predicted octanol–water partition coefficient (Wildman–Crippen LogP) is 2.09. The highest BCUT2D eigenvalue weighted by molar-refractivity contribution is 7.89. The summed E-state index contributed by atoms with van der Waals surface area (Å²) >= 11 is 0. The minimum atomic E-state index is -3.79. The summed E-state index contributed by atoms with van der Waals surface area (Å²) in [5.74, 6) is 0.291. The number of rotatable bonds is 5. The number of hydrogen-bond acceptors (Lipinski definition) is 7. The maximum Gasteiger partial charge on any atom is 0.293 e. The summed E-state index contributed by atoms with van der Waals surface area (Å²) < 4.78 is 32.9. The largest absolute Gasteiger partial charge is 0.378 e. The van der Waals surface area contributed by atoms with Crippen LogP contribution in [0.3, 0.4) is 0 Å². The predicted molar refractivity (Wildman–Crippen MR) is 123 cm³/mol. The SMILES string of the molecule is CC1CCN(S(=O)(=O)c2ccc(N3CCCC(C(=O)N4CCOCC4)C3)c([N+](=O)[O-])c2)CC1. The number of nitro benzene ring substituents is 1. The molecular formula is C22H32N4O6S. The van der Waals surface area contributed by atoms with Crippen molar-refractivity contribution in [3.63, 3.8) is 0 Å². The van der Waals surface area contributed by atoms with Crippen LogP contribution in [0.15, 0.2) is 23.1 Å². The molecule has 182 valence electrons. The number of ether oxygens (including phenoxy) is 1. The molecule has 1 aromatic rings. The number of sulfonamides is 1. The number of benzene rings is 1. The quantitative estimate of drug-likeness (QED) is 0.468. The Labute approximate surface area is 194 Å². The van der Waals surface area contributed by atoms with Gasteiger partial charge >= 0.3 is 0 Å². The van der Waals surface area contributed by atoms with Gasteiger partial charge in [0.15, 0.2) is 0 Å². The molecule has 0 radical (unpaired) electrons. The van der Waals surface area contributed by atoms with Gasteiger partial charge in [-0.25, -0.2) is 8.42 Å². The molecule has 1 atom stereocenters. The maximum absolute atomic E-state index is 13.1. The maximum atomic E-state index is 13.1. The van der Waals surface area contributed by atoms with Gasteiger partial charge in [0, 0.05) is 45.3 Å². The minimum absolute atomic E-state index is 0.0505. The molecule has 11 heteroatoms. The van der Waals surface area contributed by atoms with E-state index in [9.17, 15) is 23.3 Å². The van der Waals surface area contributed by atoms with Crippen molar-refractivity contribution >= 4 is 27.3 Å². The zero-order valence-electron chi connectivity index (χ0n) is 19.0. The van der Waals surface area contributed by atoms with Gasteiger partial charge in [-0.05, 0) is 43.7 Å². The van der Waals surface area contributed by atoms with E-state index in [1.807, 2.05) is 4.90 Å². The molecule has 0 spiro atoms. The zero-order chi connectivity index (χ0) is 23.6. The van der Waals surface area contributed by atoms with Crippen molar-refractivity contribution in [2.75, 3.05) is 57.4 Å². The van der Waals surface area contributed by atoms with Gasteiger partial charge in [0.2, 0.25) is 15.9 Å². The van der Waals surface area contributed by atoms with Crippen LogP contribution >= 0.6 is 0 Å². The number of piperidine rings is 2. The first-order valence-electron chi connectivity index (χ1n) is 11.7. The molecular weight excluding hydrogens is 448 g/mol. The van der Waals surface area contributed by atoms with Crippen molar-refractivity contribution in [3.05, 3.63) is 28.3 Å². The third-order valence-electron chi connectivity index (χ3n) is 6.96. The van der Waals surface area contributed by atoms with Gasteiger partial charge < -0.3 is 14.5 Å². The van der Waals surface area contributed by atoms with E-state index in [1.54, 1.807) is 4.90 Å². The molecule has 3 aliphatic rings. The highest BCUT2D eigenvalue weighted by Crippen LogP contribution is 2.35. The Morgan fingerprint density at radius 2 is 1.79 bits per heavy atom. The Balaban J connectivity index is 1.55. The number of carbonyl (C=O) groups excluding carboxylic acids is 1. The number of nitro groups is 1. The van der Waals surface area contributed by atoms with Crippen molar-refractivity contribution in [3.8, 4) is 0 Å². The van der Waals surface area contributed by atoms with Gasteiger partial charge in [-0.2, -0.15) is 4.31 Å². The van der Waals surface area contributed by atoms with E-state index in [-0.39, 0.29) is 22.4 Å². The van der Waals surface area contributed by atoms with Gasteiger partial charge in [-0.3, -0.25) is 14.9 Å². The summed E-state index contributed by atoms with van der Waals surface area (Å²) in [5, 5.41) is 11.9. The Kier molecular flexibility index (Phi) is 7.20. The zero-order valence-corrected chi connectivity index (χ0v) is 19.8. The Morgan fingerprint density at radius 3 is 2.45 bits per heavy atom. The number of morpholine rings is 1. The topological polar surface area (TPSA) is 113 Å². The second-order valence-corrected chi connectivity index (χ2v) is 11.2. The molecule has 3 saturated heterocycles. The van der Waals surface area contributed by atoms with Crippen LogP contribution in [0.2, 0.25) is 0 Å². The Bertz CT molecular complexity index is 987. The van der Waals surface area contributed by atoms with E-state index in [1.165, 1.54) is 22.5 Å². The summed E-state index contributed by atoms with van der Waals surface area (Å²) in [6, 6.07) is 4.17. The molecule has 0 aromatic heterocycles. The lowest BCUT2D eigenvalue weighted by atomic mass is 9.95. The fourth-order valence-corrected chi connectivity index (χ4v) is 6.38. The molecule has 10 nitrogen and oxygen atoms in total. The van der Waals surface area contributed by atoms with Crippen LogP contribution in [-0.4, -0.2) is 80.9 Å². The van der Waals surface area contributed by atoms with E-state index < -0.39 is 14.9 Å². The lowest BCUT2D eigenvalue weighted by Crippen LogP contribution is -2.48. The summed E-state index contributed by atoms with van der Waals surface area (Å²) in [7, 11) is -3.79. The summed E-state index contributed by atoms with van der Waals surface area (Å²) in [6.45, 7) is 6.11. The first-order valence-corrected chi connectivity index (χ1v) is 13.1. The fraction of sp³-hybridized carbons (Fsp3) is 0.682. The lowest BCUT2D eigenvalue weighted by molar-refractivity contribution is -0.384. The smallest absolute Gasteiger partial charge is 0.293 e. The molecule has 4 rings (SSSR count). The summed E-state index contributed by atoms with van der Waals surface area (Å²) in [6.07, 6.45) is 3.04. The molecule has 3 fully saturated rings. The second-order valence-electron chi connectivity index (χ2n) is 9.22. The highest BCUT2D eigenvalue weighted by Gasteiger charge is 2.34. The molecule has 3 aliphatic heterocycles. The molecule has 1 amide bonds. The number of amides is 1. The van der Waals surface area contributed by atoms with E-state index in [2.05, 4.69) is 6.92 Å². The molecule has 33 heavy (non-hydrogen) atoms. The minimum Gasteiger partial charge on any atom is -0.378 e. The van der Waals surface area contributed by atoms with E-state index in [4.69, 9.17) is 4.74 Å². The van der Waals surface area contributed by atoms with Crippen molar-refractivity contribution in [1.29, 1.82) is 0 Å². The second kappa shape index (κ2) is 9.94. The number of nitrogens with zero attached hydrogens (tertiary/aromatic N) is 4. The number of hydrogen-bond donors (Lipinski definition) is 0. The normalized spacial score (nSPS) is 23.5. The van der Waals surface area contributed by atoms with Gasteiger partial charge in [-0.1, -0.05) is 6.92 Å². The monoisotopic (exact) mass is 480 g/mol. The van der Waals surface area contributed by atoms with Gasteiger partial charge in [0.05, 0.1) is 29.0 Å². The van der Waals surface area contributed by atoms with Gasteiger partial charge in [-0.15, -0.1) is 0 Å². The number of carbonyl (C=O) groups is 1. The first kappa shape index (κ1) is 23.9. The van der Waals surface area contributed by atoms with Crippen molar-refractivity contribution in [1.82, 2.24) is 9.21 Å². The molecule has 1 aromatic carbocycles. The average Bonchev–Trinajstić information content (AvgIpc) is 2.84. The Hall–Kier alpha value is -2.24. The van der Waals surface area contributed by atoms with Crippen molar-refractivity contribution in [2.45, 2.75) is 37.5 Å². The first-order chi connectivity index (χ1) is 15.8. The third kappa shape index (κ3) is 5.15. The van der Waals surface area contributed by atoms with E-state index >= 15 is 0 Å². The summed E-state index contributed by atoms with van der Waals surface area (Å²) in [4.78, 5) is 27.9. The van der Waals surface area contributed by atoms with Crippen LogP contribution in [0.25, 0.3) is 0 Å². The van der Waals surface area contributed by atoms with Gasteiger partial charge in [0.1, 0.15) is 5.69 Å².